The lowest BCUT2D eigenvalue weighted by Crippen LogP contribution is -2.42. The van der Waals surface area contributed by atoms with Crippen LogP contribution in [-0.4, -0.2) is 42.0 Å². The molecule has 1 aromatic carbocycles. The summed E-state index contributed by atoms with van der Waals surface area (Å²) in [4.78, 5) is 3.95. The Hall–Kier alpha value is -1.41. The van der Waals surface area contributed by atoms with Crippen LogP contribution in [0.25, 0.3) is 0 Å². The molecule has 118 valence electrons. The second-order valence-electron chi connectivity index (χ2n) is 5.15. The molecule has 0 N–H and O–H groups in total. The predicted molar refractivity (Wildman–Crippen MR) is 82.1 cm³/mol. The quantitative estimate of drug-likeness (QED) is 0.854. The average molecular weight is 342 g/mol. The van der Waals surface area contributed by atoms with Gasteiger partial charge in [0.05, 0.1) is 19.0 Å². The summed E-state index contributed by atoms with van der Waals surface area (Å²) in [6, 6.07) is 7.24. The summed E-state index contributed by atoms with van der Waals surface area (Å²) in [5, 5.41) is 0.698. The van der Waals surface area contributed by atoms with Crippen molar-refractivity contribution in [3.8, 4) is 0 Å². The van der Waals surface area contributed by atoms with E-state index in [2.05, 4.69) is 4.98 Å². The van der Waals surface area contributed by atoms with Crippen LogP contribution in [-0.2, 0) is 21.8 Å². The van der Waals surface area contributed by atoms with Crippen molar-refractivity contribution < 1.29 is 13.2 Å². The van der Waals surface area contributed by atoms with Crippen LogP contribution >= 0.6 is 11.6 Å². The lowest BCUT2D eigenvalue weighted by Gasteiger charge is -2.31. The lowest BCUT2D eigenvalue weighted by molar-refractivity contribution is -0.00261. The molecule has 1 aliphatic heterocycles. The molecule has 3 rings (SSSR count). The predicted octanol–water partition coefficient (Wildman–Crippen LogP) is 1.84. The minimum absolute atomic E-state index is 0.0618. The molecule has 6 nitrogen and oxygen atoms in total. The molecule has 1 atom stereocenters. The van der Waals surface area contributed by atoms with Gasteiger partial charge in [0.1, 0.15) is 0 Å². The molecule has 1 unspecified atom stereocenters. The molecule has 1 aromatic heterocycles. The summed E-state index contributed by atoms with van der Waals surface area (Å²) in [5.41, 5.74) is 0.908. The number of benzene rings is 1. The summed E-state index contributed by atoms with van der Waals surface area (Å²) in [5.74, 6) is 0. The first-order valence-corrected chi connectivity index (χ1v) is 8.64. The summed E-state index contributed by atoms with van der Waals surface area (Å²) in [6.07, 6.45) is 2.68. The molecule has 1 fully saturated rings. The van der Waals surface area contributed by atoms with Crippen LogP contribution in [0.2, 0.25) is 5.02 Å². The number of sulfonamides is 1. The number of aromatic nitrogens is 2. The van der Waals surface area contributed by atoms with Gasteiger partial charge in [0, 0.05) is 31.4 Å². The van der Waals surface area contributed by atoms with Crippen molar-refractivity contribution in [2.45, 2.75) is 11.1 Å². The number of hydrogen-bond acceptors (Lipinski definition) is 4. The molecule has 1 saturated heterocycles. The first kappa shape index (κ1) is 15.5. The Morgan fingerprint density at radius 1 is 1.32 bits per heavy atom. The fourth-order valence-corrected chi connectivity index (χ4v) is 3.89. The van der Waals surface area contributed by atoms with Gasteiger partial charge in [-0.15, -0.1) is 0 Å². The Kier molecular flexibility index (Phi) is 4.22. The number of aryl methyl sites for hydroxylation is 1. The Morgan fingerprint density at radius 2 is 2.05 bits per heavy atom. The Morgan fingerprint density at radius 3 is 2.68 bits per heavy atom. The number of ether oxygens (including phenoxy) is 1. The molecule has 2 heterocycles. The van der Waals surface area contributed by atoms with Crippen molar-refractivity contribution in [2.24, 2.45) is 7.05 Å². The van der Waals surface area contributed by atoms with Gasteiger partial charge in [-0.3, -0.25) is 0 Å². The number of nitrogens with zero attached hydrogens (tertiary/aromatic N) is 3. The first-order chi connectivity index (χ1) is 10.5. The smallest absolute Gasteiger partial charge is 0.262 e. The van der Waals surface area contributed by atoms with E-state index in [9.17, 15) is 8.42 Å². The lowest BCUT2D eigenvalue weighted by atomic mass is 10.1. The summed E-state index contributed by atoms with van der Waals surface area (Å²) in [6.45, 7) is 0.933. The van der Waals surface area contributed by atoms with E-state index in [4.69, 9.17) is 16.3 Å². The third-order valence-electron chi connectivity index (χ3n) is 3.56. The molecule has 22 heavy (non-hydrogen) atoms. The van der Waals surface area contributed by atoms with Crippen LogP contribution < -0.4 is 0 Å². The van der Waals surface area contributed by atoms with Gasteiger partial charge in [0.2, 0.25) is 0 Å². The van der Waals surface area contributed by atoms with Crippen molar-refractivity contribution in [1.82, 2.24) is 13.9 Å². The molecule has 2 aromatic rings. The summed E-state index contributed by atoms with van der Waals surface area (Å²) < 4.78 is 33.9. The molecule has 0 saturated carbocycles. The van der Waals surface area contributed by atoms with Crippen LogP contribution in [0, 0.1) is 0 Å². The SMILES string of the molecule is Cn1cnc(S(=O)(=O)N2CCOC(c3ccc(Cl)cc3)C2)c1. The normalized spacial score (nSPS) is 20.2. The number of morpholine rings is 1. The number of halogens is 1. The van der Waals surface area contributed by atoms with E-state index < -0.39 is 10.0 Å². The zero-order valence-electron chi connectivity index (χ0n) is 12.0. The monoisotopic (exact) mass is 341 g/mol. The second kappa shape index (κ2) is 6.00. The van der Waals surface area contributed by atoms with Crippen LogP contribution in [0.5, 0.6) is 0 Å². The Labute approximate surface area is 134 Å². The highest BCUT2D eigenvalue weighted by Crippen LogP contribution is 2.26. The molecule has 0 amide bonds. The Balaban J connectivity index is 1.82. The topological polar surface area (TPSA) is 64.4 Å². The molecule has 0 aliphatic carbocycles. The molecular weight excluding hydrogens is 326 g/mol. The standard InChI is InChI=1S/C14H16ClN3O3S/c1-17-9-14(16-10-17)22(19,20)18-6-7-21-13(8-18)11-2-4-12(15)5-3-11/h2-5,9-10,13H,6-8H2,1H3. The van der Waals surface area contributed by atoms with E-state index in [-0.39, 0.29) is 17.7 Å². The number of hydrogen-bond donors (Lipinski definition) is 0. The second-order valence-corrected chi connectivity index (χ2v) is 7.47. The maximum absolute atomic E-state index is 12.6. The van der Waals surface area contributed by atoms with Gasteiger partial charge >= 0.3 is 0 Å². The fourth-order valence-electron chi connectivity index (χ4n) is 2.38. The van der Waals surface area contributed by atoms with Crippen molar-refractivity contribution in [2.75, 3.05) is 19.7 Å². The van der Waals surface area contributed by atoms with Crippen molar-refractivity contribution >= 4 is 21.6 Å². The highest BCUT2D eigenvalue weighted by molar-refractivity contribution is 7.89. The molecule has 1 aliphatic rings. The molecule has 0 bridgehead atoms. The summed E-state index contributed by atoms with van der Waals surface area (Å²) in [7, 11) is -1.86. The van der Waals surface area contributed by atoms with E-state index in [1.165, 1.54) is 16.8 Å². The average Bonchev–Trinajstić information content (AvgIpc) is 2.95. The third kappa shape index (κ3) is 3.03. The van der Waals surface area contributed by atoms with Crippen LogP contribution in [0.1, 0.15) is 11.7 Å². The van der Waals surface area contributed by atoms with Gasteiger partial charge in [-0.1, -0.05) is 23.7 Å². The van der Waals surface area contributed by atoms with Gasteiger partial charge in [0.25, 0.3) is 10.0 Å². The molecule has 0 spiro atoms. The van der Waals surface area contributed by atoms with E-state index in [0.717, 1.165) is 5.56 Å². The molecule has 0 radical (unpaired) electrons. The van der Waals surface area contributed by atoms with E-state index in [1.54, 1.807) is 23.7 Å². The van der Waals surface area contributed by atoms with Gasteiger partial charge in [-0.2, -0.15) is 4.31 Å². The number of imidazole rings is 1. The highest BCUT2D eigenvalue weighted by Gasteiger charge is 2.32. The van der Waals surface area contributed by atoms with Crippen molar-refractivity contribution in [3.63, 3.8) is 0 Å². The Bertz CT molecular complexity index is 758. The van der Waals surface area contributed by atoms with Gasteiger partial charge in [0.15, 0.2) is 5.03 Å². The number of rotatable bonds is 3. The highest BCUT2D eigenvalue weighted by atomic mass is 35.5. The fraction of sp³-hybridized carbons (Fsp3) is 0.357. The van der Waals surface area contributed by atoms with E-state index in [1.807, 2.05) is 12.1 Å². The third-order valence-corrected chi connectivity index (χ3v) is 5.56. The van der Waals surface area contributed by atoms with Crippen molar-refractivity contribution in [1.29, 1.82) is 0 Å². The summed E-state index contributed by atoms with van der Waals surface area (Å²) >= 11 is 5.88. The maximum atomic E-state index is 12.6. The minimum Gasteiger partial charge on any atom is -0.371 e. The first-order valence-electron chi connectivity index (χ1n) is 6.82. The van der Waals surface area contributed by atoms with Crippen LogP contribution in [0.3, 0.4) is 0 Å². The van der Waals surface area contributed by atoms with E-state index in [0.29, 0.717) is 18.2 Å². The van der Waals surface area contributed by atoms with Crippen LogP contribution in [0.4, 0.5) is 0 Å². The van der Waals surface area contributed by atoms with Gasteiger partial charge in [-0.05, 0) is 17.7 Å². The molecular formula is C14H16ClN3O3S. The minimum atomic E-state index is -3.59. The van der Waals surface area contributed by atoms with Crippen LogP contribution in [0.15, 0.2) is 41.8 Å². The van der Waals surface area contributed by atoms with Gasteiger partial charge < -0.3 is 9.30 Å². The largest absolute Gasteiger partial charge is 0.371 e. The van der Waals surface area contributed by atoms with Crippen molar-refractivity contribution in [3.05, 3.63) is 47.4 Å². The maximum Gasteiger partial charge on any atom is 0.262 e. The zero-order valence-corrected chi connectivity index (χ0v) is 13.6. The molecule has 8 heteroatoms. The van der Waals surface area contributed by atoms with E-state index >= 15 is 0 Å². The van der Waals surface area contributed by atoms with Gasteiger partial charge in [-0.25, -0.2) is 13.4 Å². The zero-order chi connectivity index (χ0) is 15.7.